The Labute approximate surface area is 180 Å². The van der Waals surface area contributed by atoms with E-state index in [2.05, 4.69) is 65.8 Å². The van der Waals surface area contributed by atoms with Crippen LogP contribution in [0.2, 0.25) is 0 Å². The third-order valence-electron chi connectivity index (χ3n) is 7.09. The molecule has 0 saturated heterocycles. The van der Waals surface area contributed by atoms with E-state index in [1.165, 1.54) is 22.3 Å². The number of benzene rings is 3. The molecule has 1 heterocycles. The van der Waals surface area contributed by atoms with Crippen molar-refractivity contribution in [3.63, 3.8) is 0 Å². The van der Waals surface area contributed by atoms with Crippen LogP contribution in [0.5, 0.6) is 5.75 Å². The number of phenols is 1. The van der Waals surface area contributed by atoms with Gasteiger partial charge >= 0.3 is 0 Å². The van der Waals surface area contributed by atoms with Gasteiger partial charge in [0.2, 0.25) is 5.91 Å². The van der Waals surface area contributed by atoms with Gasteiger partial charge in [-0.2, -0.15) is 0 Å². The molecule has 152 valence electrons. The summed E-state index contributed by atoms with van der Waals surface area (Å²) in [5, 5.41) is 14.1. The normalized spacial score (nSPS) is 23.3. The van der Waals surface area contributed by atoms with E-state index < -0.39 is 5.41 Å². The summed E-state index contributed by atoms with van der Waals surface area (Å²) in [7, 11) is 0. The van der Waals surface area contributed by atoms with Crippen molar-refractivity contribution in [1.82, 2.24) is 4.98 Å². The predicted octanol–water partition coefficient (Wildman–Crippen LogP) is 5.57. The Morgan fingerprint density at radius 1 is 0.903 bits per heavy atom. The maximum atomic E-state index is 13.7. The largest absolute Gasteiger partial charge is 0.506 e. The summed E-state index contributed by atoms with van der Waals surface area (Å²) >= 11 is 0. The first kappa shape index (κ1) is 18.1. The highest BCUT2D eigenvalue weighted by molar-refractivity contribution is 5.98. The van der Waals surface area contributed by atoms with Gasteiger partial charge < -0.3 is 10.4 Å². The van der Waals surface area contributed by atoms with Crippen LogP contribution in [-0.4, -0.2) is 16.0 Å². The first-order valence-corrected chi connectivity index (χ1v) is 10.6. The van der Waals surface area contributed by atoms with Crippen molar-refractivity contribution in [2.75, 3.05) is 5.32 Å². The number of phenolic OH excluding ortho intramolecular Hbond substituents is 1. The second-order valence-corrected chi connectivity index (χ2v) is 8.86. The van der Waals surface area contributed by atoms with Crippen LogP contribution in [0.15, 0.2) is 78.9 Å². The molecule has 4 heteroatoms. The lowest BCUT2D eigenvalue weighted by molar-refractivity contribution is -0.126. The monoisotopic (exact) mass is 406 g/mol. The molecule has 0 radical (unpaired) electrons. The molecule has 2 bridgehead atoms. The van der Waals surface area contributed by atoms with Gasteiger partial charge in [-0.25, -0.2) is 4.98 Å². The van der Waals surface area contributed by atoms with Crippen LogP contribution in [0.4, 0.5) is 5.82 Å². The van der Waals surface area contributed by atoms with Crippen LogP contribution in [0.1, 0.15) is 47.4 Å². The number of para-hydroxylation sites is 1. The van der Waals surface area contributed by atoms with Crippen LogP contribution >= 0.6 is 0 Å². The molecule has 4 aromatic rings. The number of anilines is 1. The van der Waals surface area contributed by atoms with Crippen molar-refractivity contribution in [3.05, 3.63) is 101 Å². The van der Waals surface area contributed by atoms with Gasteiger partial charge in [0, 0.05) is 17.2 Å². The van der Waals surface area contributed by atoms with E-state index in [0.717, 1.165) is 11.8 Å². The van der Waals surface area contributed by atoms with E-state index in [-0.39, 0.29) is 23.5 Å². The number of hydrogen-bond acceptors (Lipinski definition) is 3. The molecule has 1 aromatic heterocycles. The molecule has 7 rings (SSSR count). The van der Waals surface area contributed by atoms with E-state index in [4.69, 9.17) is 0 Å². The number of aromatic nitrogens is 1. The van der Waals surface area contributed by atoms with Crippen LogP contribution in [0.25, 0.3) is 10.9 Å². The molecule has 31 heavy (non-hydrogen) atoms. The molecule has 0 aliphatic heterocycles. The van der Waals surface area contributed by atoms with Crippen LogP contribution in [0.3, 0.4) is 0 Å². The number of pyridine rings is 1. The fourth-order valence-electron chi connectivity index (χ4n) is 5.65. The van der Waals surface area contributed by atoms with Crippen LogP contribution in [-0.2, 0) is 4.79 Å². The zero-order chi connectivity index (χ0) is 21.2. The number of amides is 1. The van der Waals surface area contributed by atoms with Gasteiger partial charge in [-0.15, -0.1) is 0 Å². The summed E-state index contributed by atoms with van der Waals surface area (Å²) in [6.45, 7) is 2.07. The fourth-order valence-corrected chi connectivity index (χ4v) is 5.65. The van der Waals surface area contributed by atoms with Crippen molar-refractivity contribution >= 4 is 22.6 Å². The summed E-state index contributed by atoms with van der Waals surface area (Å²) < 4.78 is 0. The highest BCUT2D eigenvalue weighted by Crippen LogP contribution is 2.61. The molecule has 3 aliphatic carbocycles. The smallest absolute Gasteiger partial charge is 0.232 e. The Morgan fingerprint density at radius 2 is 1.55 bits per heavy atom. The first-order valence-electron chi connectivity index (χ1n) is 10.6. The summed E-state index contributed by atoms with van der Waals surface area (Å²) in [4.78, 5) is 18.2. The summed E-state index contributed by atoms with van der Waals surface area (Å²) in [5.74, 6) is 0.747. The quantitative estimate of drug-likeness (QED) is 0.458. The topological polar surface area (TPSA) is 62.2 Å². The van der Waals surface area contributed by atoms with Crippen molar-refractivity contribution in [2.24, 2.45) is 5.41 Å². The lowest BCUT2D eigenvalue weighted by atomic mass is 9.52. The van der Waals surface area contributed by atoms with Gasteiger partial charge in [0.15, 0.2) is 0 Å². The van der Waals surface area contributed by atoms with Gasteiger partial charge in [-0.1, -0.05) is 60.7 Å². The van der Waals surface area contributed by atoms with Crippen molar-refractivity contribution in [1.29, 1.82) is 0 Å². The number of hydrogen-bond donors (Lipinski definition) is 2. The molecule has 1 amide bonds. The fraction of sp³-hybridized carbons (Fsp3) is 0.185. The number of carbonyl (C=O) groups excluding carboxylic acids is 1. The number of nitrogens with one attached hydrogen (secondary N) is 1. The Morgan fingerprint density at radius 3 is 2.23 bits per heavy atom. The summed E-state index contributed by atoms with van der Waals surface area (Å²) in [6, 6.07) is 26.0. The van der Waals surface area contributed by atoms with Gasteiger partial charge in [0.1, 0.15) is 17.1 Å². The van der Waals surface area contributed by atoms with Crippen molar-refractivity contribution in [3.8, 4) is 5.75 Å². The molecule has 3 aromatic carbocycles. The van der Waals surface area contributed by atoms with E-state index in [0.29, 0.717) is 11.3 Å². The summed E-state index contributed by atoms with van der Waals surface area (Å²) in [5.41, 5.74) is 5.07. The highest BCUT2D eigenvalue weighted by Gasteiger charge is 2.53. The standard InChI is InChI=1S/C27H22N2O2/c1-27(26(31)29-23-14-13-16-7-6-12-22(30)25(16)28-23)15-21-17-8-2-4-10-19(17)24(27)20-11-5-3-9-18(20)21/h2-14,21,24,30H,15H2,1H3,(H,28,29,31). The molecule has 1 atom stereocenters. The molecule has 0 fully saturated rings. The van der Waals surface area contributed by atoms with Crippen LogP contribution in [0, 0.1) is 5.41 Å². The molecular formula is C27H22N2O2. The molecule has 0 saturated carbocycles. The number of rotatable bonds is 2. The molecule has 4 nitrogen and oxygen atoms in total. The second-order valence-electron chi connectivity index (χ2n) is 8.86. The highest BCUT2D eigenvalue weighted by atomic mass is 16.3. The Hall–Kier alpha value is -3.66. The molecular weight excluding hydrogens is 384 g/mol. The maximum Gasteiger partial charge on any atom is 0.232 e. The van der Waals surface area contributed by atoms with Crippen LogP contribution < -0.4 is 5.32 Å². The SMILES string of the molecule is CC1(C(=O)Nc2ccc3cccc(O)c3n2)CC2c3ccccc3C1c1ccccc12. The number of carbonyl (C=O) groups is 1. The number of nitrogens with zero attached hydrogens (tertiary/aromatic N) is 1. The van der Waals surface area contributed by atoms with Gasteiger partial charge in [0.05, 0.1) is 5.41 Å². The number of aromatic hydroxyl groups is 1. The van der Waals surface area contributed by atoms with E-state index in [9.17, 15) is 9.90 Å². The second kappa shape index (κ2) is 6.42. The van der Waals surface area contributed by atoms with Crippen molar-refractivity contribution in [2.45, 2.75) is 25.2 Å². The van der Waals surface area contributed by atoms with Gasteiger partial charge in [-0.05, 0) is 53.8 Å². The molecule has 3 aliphatic rings. The Bertz CT molecular complexity index is 1310. The Kier molecular flexibility index (Phi) is 3.75. The summed E-state index contributed by atoms with van der Waals surface area (Å²) in [6.07, 6.45) is 0.760. The lowest BCUT2D eigenvalue weighted by Crippen LogP contribution is -2.47. The first-order chi connectivity index (χ1) is 15.1. The Balaban J connectivity index is 1.42. The lowest BCUT2D eigenvalue weighted by Gasteiger charge is -2.50. The molecule has 1 unspecified atom stereocenters. The van der Waals surface area contributed by atoms with E-state index in [1.807, 2.05) is 12.1 Å². The minimum absolute atomic E-state index is 0.00115. The minimum Gasteiger partial charge on any atom is -0.506 e. The maximum absolute atomic E-state index is 13.7. The zero-order valence-electron chi connectivity index (χ0n) is 17.2. The zero-order valence-corrected chi connectivity index (χ0v) is 17.2. The average Bonchev–Trinajstić information content (AvgIpc) is 2.80. The average molecular weight is 406 g/mol. The minimum atomic E-state index is -0.595. The van der Waals surface area contributed by atoms with E-state index >= 15 is 0 Å². The molecule has 0 spiro atoms. The molecule has 2 N–H and O–H groups in total. The number of fused-ring (bicyclic) bond motifs is 2. The van der Waals surface area contributed by atoms with Gasteiger partial charge in [-0.3, -0.25) is 4.79 Å². The third kappa shape index (κ3) is 2.54. The van der Waals surface area contributed by atoms with E-state index in [1.54, 1.807) is 18.2 Å². The van der Waals surface area contributed by atoms with Gasteiger partial charge in [0.25, 0.3) is 0 Å². The third-order valence-corrected chi connectivity index (χ3v) is 7.09. The predicted molar refractivity (Wildman–Crippen MR) is 121 cm³/mol. The van der Waals surface area contributed by atoms with Crippen molar-refractivity contribution < 1.29 is 9.90 Å².